The molecule has 0 N–H and O–H groups in total. The highest BCUT2D eigenvalue weighted by Gasteiger charge is 2.15. The van der Waals surface area contributed by atoms with E-state index in [0.717, 1.165) is 0 Å². The van der Waals surface area contributed by atoms with Gasteiger partial charge in [0.05, 0.1) is 33.5 Å². The number of nitrogens with zero attached hydrogens (tertiary/aromatic N) is 2. The van der Waals surface area contributed by atoms with Crippen molar-refractivity contribution >= 4 is 21.4 Å². The van der Waals surface area contributed by atoms with Crippen LogP contribution in [0.4, 0.5) is 0 Å². The lowest BCUT2D eigenvalue weighted by Gasteiger charge is -2.07. The van der Waals surface area contributed by atoms with Gasteiger partial charge in [-0.1, -0.05) is 17.7 Å². The molecule has 7 heteroatoms. The van der Waals surface area contributed by atoms with Crippen LogP contribution in [0.25, 0.3) is 0 Å². The molecule has 108 valence electrons. The number of pyridine rings is 1. The monoisotopic (exact) mass is 322 g/mol. The number of sulfone groups is 1. The molecule has 1 aromatic carbocycles. The molecule has 0 fully saturated rings. The van der Waals surface area contributed by atoms with E-state index in [1.165, 1.54) is 30.6 Å². The SMILES string of the molecule is N#Cc1cccc(S(=O)(=O)CCOc2cncc(Cl)c2)c1. The zero-order chi connectivity index (χ0) is 15.3. The van der Waals surface area contributed by atoms with Gasteiger partial charge in [0.1, 0.15) is 12.4 Å². The Labute approximate surface area is 127 Å². The summed E-state index contributed by atoms with van der Waals surface area (Å²) in [7, 11) is -3.50. The lowest BCUT2D eigenvalue weighted by Crippen LogP contribution is -2.14. The summed E-state index contributed by atoms with van der Waals surface area (Å²) in [4.78, 5) is 3.94. The van der Waals surface area contributed by atoms with E-state index in [2.05, 4.69) is 4.98 Å². The normalized spacial score (nSPS) is 10.9. The molecule has 0 spiro atoms. The second-order valence-electron chi connectivity index (χ2n) is 4.15. The number of hydrogen-bond donors (Lipinski definition) is 0. The van der Waals surface area contributed by atoms with Gasteiger partial charge in [0, 0.05) is 12.3 Å². The van der Waals surface area contributed by atoms with Gasteiger partial charge in [-0.05, 0) is 18.2 Å². The van der Waals surface area contributed by atoms with E-state index in [0.29, 0.717) is 16.3 Å². The average molecular weight is 323 g/mol. The molecule has 0 unspecified atom stereocenters. The Hall–Kier alpha value is -2.10. The van der Waals surface area contributed by atoms with Gasteiger partial charge in [0.15, 0.2) is 9.84 Å². The van der Waals surface area contributed by atoms with Crippen LogP contribution in [0.5, 0.6) is 5.75 Å². The van der Waals surface area contributed by atoms with Crippen LogP contribution in [0.2, 0.25) is 5.02 Å². The van der Waals surface area contributed by atoms with Crippen molar-refractivity contribution in [2.45, 2.75) is 4.90 Å². The van der Waals surface area contributed by atoms with Crippen LogP contribution in [0.15, 0.2) is 47.6 Å². The molecule has 1 aromatic heterocycles. The standard InChI is InChI=1S/C14H11ClN2O3S/c15-12-7-13(10-17-9-12)20-4-5-21(18,19)14-3-1-2-11(6-14)8-16/h1-3,6-7,9-10H,4-5H2. The Balaban J connectivity index is 2.03. The average Bonchev–Trinajstić information content (AvgIpc) is 2.47. The molecule has 0 atom stereocenters. The molecule has 0 aliphatic heterocycles. The van der Waals surface area contributed by atoms with E-state index in [4.69, 9.17) is 21.6 Å². The van der Waals surface area contributed by atoms with Crippen LogP contribution in [-0.4, -0.2) is 25.8 Å². The van der Waals surface area contributed by atoms with Crippen LogP contribution in [0.3, 0.4) is 0 Å². The highest BCUT2D eigenvalue weighted by atomic mass is 35.5. The number of benzene rings is 1. The molecule has 0 aliphatic rings. The third-order valence-corrected chi connectivity index (χ3v) is 4.51. The smallest absolute Gasteiger partial charge is 0.181 e. The third-order valence-electron chi connectivity index (χ3n) is 2.62. The Morgan fingerprint density at radius 2 is 2.10 bits per heavy atom. The zero-order valence-corrected chi connectivity index (χ0v) is 12.4. The fraction of sp³-hybridized carbons (Fsp3) is 0.143. The third kappa shape index (κ3) is 4.18. The van der Waals surface area contributed by atoms with E-state index in [-0.39, 0.29) is 17.3 Å². The van der Waals surface area contributed by atoms with Gasteiger partial charge < -0.3 is 4.74 Å². The molecule has 0 aliphatic carbocycles. The number of aromatic nitrogens is 1. The molecule has 0 bridgehead atoms. The summed E-state index contributed by atoms with van der Waals surface area (Å²) < 4.78 is 29.6. The summed E-state index contributed by atoms with van der Waals surface area (Å²) in [5.74, 6) is 0.206. The van der Waals surface area contributed by atoms with Crippen molar-refractivity contribution in [2.75, 3.05) is 12.4 Å². The van der Waals surface area contributed by atoms with Crippen LogP contribution in [0.1, 0.15) is 5.56 Å². The summed E-state index contributed by atoms with van der Waals surface area (Å²) >= 11 is 5.75. The Kier molecular flexibility index (Phi) is 4.78. The molecule has 0 saturated heterocycles. The van der Waals surface area contributed by atoms with Crippen LogP contribution >= 0.6 is 11.6 Å². The quantitative estimate of drug-likeness (QED) is 0.844. The van der Waals surface area contributed by atoms with Crippen molar-refractivity contribution < 1.29 is 13.2 Å². The second-order valence-corrected chi connectivity index (χ2v) is 6.69. The lowest BCUT2D eigenvalue weighted by atomic mass is 10.2. The van der Waals surface area contributed by atoms with E-state index >= 15 is 0 Å². The minimum atomic E-state index is -3.50. The maximum Gasteiger partial charge on any atom is 0.181 e. The molecule has 2 rings (SSSR count). The molecule has 0 radical (unpaired) electrons. The van der Waals surface area contributed by atoms with Gasteiger partial charge >= 0.3 is 0 Å². The summed E-state index contributed by atoms with van der Waals surface area (Å²) in [6.07, 6.45) is 2.91. The number of hydrogen-bond acceptors (Lipinski definition) is 5. The Morgan fingerprint density at radius 1 is 1.29 bits per heavy atom. The first-order valence-electron chi connectivity index (χ1n) is 5.97. The minimum Gasteiger partial charge on any atom is -0.491 e. The van der Waals surface area contributed by atoms with E-state index in [9.17, 15) is 8.42 Å². The zero-order valence-electron chi connectivity index (χ0n) is 10.9. The van der Waals surface area contributed by atoms with Crippen molar-refractivity contribution in [3.63, 3.8) is 0 Å². The van der Waals surface area contributed by atoms with E-state index in [1.807, 2.05) is 6.07 Å². The molecule has 5 nitrogen and oxygen atoms in total. The predicted molar refractivity (Wildman–Crippen MR) is 78.0 cm³/mol. The summed E-state index contributed by atoms with van der Waals surface area (Å²) in [6.45, 7) is -0.0267. The van der Waals surface area contributed by atoms with Gasteiger partial charge in [-0.3, -0.25) is 4.98 Å². The van der Waals surface area contributed by atoms with Crippen LogP contribution in [-0.2, 0) is 9.84 Å². The van der Waals surface area contributed by atoms with Gasteiger partial charge in [0.25, 0.3) is 0 Å². The predicted octanol–water partition coefficient (Wildman–Crippen LogP) is 2.46. The van der Waals surface area contributed by atoms with Crippen molar-refractivity contribution in [1.82, 2.24) is 4.98 Å². The Bertz CT molecular complexity index is 785. The maximum absolute atomic E-state index is 12.1. The lowest BCUT2D eigenvalue weighted by molar-refractivity contribution is 0.339. The largest absolute Gasteiger partial charge is 0.491 e. The second kappa shape index (κ2) is 6.57. The molecule has 0 saturated carbocycles. The van der Waals surface area contributed by atoms with E-state index < -0.39 is 9.84 Å². The maximum atomic E-state index is 12.1. The number of rotatable bonds is 5. The molecule has 21 heavy (non-hydrogen) atoms. The minimum absolute atomic E-state index is 0.0267. The highest BCUT2D eigenvalue weighted by Crippen LogP contribution is 2.16. The first-order chi connectivity index (χ1) is 10.0. The highest BCUT2D eigenvalue weighted by molar-refractivity contribution is 7.91. The summed E-state index contributed by atoms with van der Waals surface area (Å²) in [6, 6.07) is 9.34. The molecular weight excluding hydrogens is 312 g/mol. The van der Waals surface area contributed by atoms with Crippen molar-refractivity contribution in [3.05, 3.63) is 53.3 Å². The van der Waals surface area contributed by atoms with Crippen molar-refractivity contribution in [2.24, 2.45) is 0 Å². The van der Waals surface area contributed by atoms with Crippen LogP contribution in [0, 0.1) is 11.3 Å². The fourth-order valence-electron chi connectivity index (χ4n) is 1.62. The fourth-order valence-corrected chi connectivity index (χ4v) is 2.91. The molecule has 2 aromatic rings. The molecular formula is C14H11ClN2O3S. The van der Waals surface area contributed by atoms with Crippen molar-refractivity contribution in [1.29, 1.82) is 5.26 Å². The van der Waals surface area contributed by atoms with Gasteiger partial charge in [-0.25, -0.2) is 8.42 Å². The van der Waals surface area contributed by atoms with E-state index in [1.54, 1.807) is 12.1 Å². The first kappa shape index (κ1) is 15.3. The van der Waals surface area contributed by atoms with Gasteiger partial charge in [-0.2, -0.15) is 5.26 Å². The number of halogens is 1. The molecule has 1 heterocycles. The van der Waals surface area contributed by atoms with Crippen molar-refractivity contribution in [3.8, 4) is 11.8 Å². The summed E-state index contributed by atoms with van der Waals surface area (Å²) in [5.41, 5.74) is 0.302. The topological polar surface area (TPSA) is 80.0 Å². The number of ether oxygens (including phenoxy) is 1. The molecule has 0 amide bonds. The Morgan fingerprint density at radius 3 is 2.81 bits per heavy atom. The summed E-state index contributed by atoms with van der Waals surface area (Å²) in [5, 5.41) is 9.20. The van der Waals surface area contributed by atoms with Crippen LogP contribution < -0.4 is 4.74 Å². The first-order valence-corrected chi connectivity index (χ1v) is 8.00. The van der Waals surface area contributed by atoms with Gasteiger partial charge in [0.2, 0.25) is 0 Å². The van der Waals surface area contributed by atoms with Gasteiger partial charge in [-0.15, -0.1) is 0 Å². The number of nitriles is 1.